The smallest absolute Gasteiger partial charge is 0.278 e. The summed E-state index contributed by atoms with van der Waals surface area (Å²) in [7, 11) is 0. The van der Waals surface area contributed by atoms with Crippen LogP contribution in [0.3, 0.4) is 0 Å². The highest BCUT2D eigenvalue weighted by molar-refractivity contribution is 7.11. The minimum Gasteiger partial charge on any atom is -0.492 e. The zero-order chi connectivity index (χ0) is 22.1. The maximum Gasteiger partial charge on any atom is 0.278 e. The van der Waals surface area contributed by atoms with E-state index in [1.165, 1.54) is 16.2 Å². The Hall–Kier alpha value is -2.60. The van der Waals surface area contributed by atoms with Gasteiger partial charge in [-0.1, -0.05) is 26.0 Å². The topological polar surface area (TPSA) is 49.9 Å². The molecule has 1 aromatic carbocycles. The molecule has 2 amide bonds. The molecular weight excluding hydrogens is 408 g/mol. The first-order valence-corrected chi connectivity index (χ1v) is 11.8. The van der Waals surface area contributed by atoms with Crippen molar-refractivity contribution in [3.8, 4) is 5.75 Å². The van der Waals surface area contributed by atoms with Gasteiger partial charge in [-0.3, -0.25) is 14.5 Å². The van der Waals surface area contributed by atoms with Crippen LogP contribution in [0.4, 0.5) is 0 Å². The summed E-state index contributed by atoms with van der Waals surface area (Å²) >= 11 is 1.51. The number of nitrogens with zero attached hydrogens (tertiary/aromatic N) is 2. The highest BCUT2D eigenvalue weighted by Crippen LogP contribution is 2.36. The second-order valence-corrected chi connectivity index (χ2v) is 9.93. The number of ether oxygens (including phenoxy) is 1. The maximum absolute atomic E-state index is 13.4. The predicted molar refractivity (Wildman–Crippen MR) is 124 cm³/mol. The van der Waals surface area contributed by atoms with E-state index in [4.69, 9.17) is 4.74 Å². The molecule has 0 aliphatic carbocycles. The van der Waals surface area contributed by atoms with E-state index in [1.54, 1.807) is 0 Å². The van der Waals surface area contributed by atoms with Gasteiger partial charge in [-0.25, -0.2) is 0 Å². The first-order chi connectivity index (χ1) is 14.8. The summed E-state index contributed by atoms with van der Waals surface area (Å²) in [6.07, 6.45) is 1.15. The van der Waals surface area contributed by atoms with Crippen LogP contribution in [0.25, 0.3) is 5.57 Å². The van der Waals surface area contributed by atoms with E-state index < -0.39 is 0 Å². The van der Waals surface area contributed by atoms with Gasteiger partial charge in [0.2, 0.25) is 0 Å². The van der Waals surface area contributed by atoms with Crippen molar-refractivity contribution in [2.75, 3.05) is 26.2 Å². The van der Waals surface area contributed by atoms with Gasteiger partial charge >= 0.3 is 0 Å². The van der Waals surface area contributed by atoms with Gasteiger partial charge in [0.1, 0.15) is 18.1 Å². The standard InChI is InChI=1S/C25H30N2O3S/c1-16-10-17(2)13-20(12-16)30-8-7-27-24(28)22(21-6-5-9-31-21)23(25(27)29)26-14-18(3)11-19(4)15-26/h5-6,9-10,12-13,18-19H,7-8,11,14-15H2,1-4H3. The molecule has 4 rings (SSSR count). The van der Waals surface area contributed by atoms with E-state index in [1.807, 2.05) is 43.5 Å². The van der Waals surface area contributed by atoms with Crippen LogP contribution in [0.2, 0.25) is 0 Å². The summed E-state index contributed by atoms with van der Waals surface area (Å²) in [5, 5.41) is 1.95. The zero-order valence-electron chi connectivity index (χ0n) is 18.7. The van der Waals surface area contributed by atoms with Crippen LogP contribution < -0.4 is 4.74 Å². The average Bonchev–Trinajstić information content (AvgIpc) is 3.28. The Morgan fingerprint density at radius 2 is 1.71 bits per heavy atom. The number of amides is 2. The molecule has 0 radical (unpaired) electrons. The van der Waals surface area contributed by atoms with Crippen molar-refractivity contribution in [1.29, 1.82) is 0 Å². The molecule has 31 heavy (non-hydrogen) atoms. The number of hydrogen-bond acceptors (Lipinski definition) is 5. The highest BCUT2D eigenvalue weighted by Gasteiger charge is 2.43. The van der Waals surface area contributed by atoms with Crippen LogP contribution in [0.5, 0.6) is 5.75 Å². The number of thiophene rings is 1. The van der Waals surface area contributed by atoms with E-state index in [9.17, 15) is 9.59 Å². The molecule has 0 bridgehead atoms. The van der Waals surface area contributed by atoms with Gasteiger partial charge in [0.05, 0.1) is 12.1 Å². The average molecular weight is 439 g/mol. The summed E-state index contributed by atoms with van der Waals surface area (Å²) in [6.45, 7) is 10.6. The van der Waals surface area contributed by atoms with Crippen molar-refractivity contribution in [1.82, 2.24) is 9.80 Å². The molecule has 1 aromatic heterocycles. The molecule has 2 atom stereocenters. The molecule has 1 saturated heterocycles. The van der Waals surface area contributed by atoms with Gasteiger partial charge < -0.3 is 9.64 Å². The Bertz CT molecular complexity index is 982. The molecule has 2 unspecified atom stereocenters. The second kappa shape index (κ2) is 8.87. The van der Waals surface area contributed by atoms with E-state index in [0.29, 0.717) is 23.1 Å². The number of carbonyl (C=O) groups excluding carboxylic acids is 2. The summed E-state index contributed by atoms with van der Waals surface area (Å²) in [5.74, 6) is 1.34. The number of benzene rings is 1. The first kappa shape index (κ1) is 21.6. The van der Waals surface area contributed by atoms with E-state index in [2.05, 4.69) is 24.8 Å². The minimum atomic E-state index is -0.211. The van der Waals surface area contributed by atoms with Crippen molar-refractivity contribution in [3.05, 3.63) is 57.4 Å². The molecule has 0 N–H and O–H groups in total. The lowest BCUT2D eigenvalue weighted by molar-refractivity contribution is -0.138. The molecular formula is C25H30N2O3S. The van der Waals surface area contributed by atoms with E-state index in [-0.39, 0.29) is 25.0 Å². The number of hydrogen-bond donors (Lipinski definition) is 0. The van der Waals surface area contributed by atoms with E-state index in [0.717, 1.165) is 41.3 Å². The Morgan fingerprint density at radius 3 is 2.32 bits per heavy atom. The summed E-state index contributed by atoms with van der Waals surface area (Å²) < 4.78 is 5.89. The third kappa shape index (κ3) is 4.54. The van der Waals surface area contributed by atoms with Crippen LogP contribution in [-0.4, -0.2) is 47.9 Å². The Morgan fingerprint density at radius 1 is 1.03 bits per heavy atom. The Balaban J connectivity index is 1.55. The largest absolute Gasteiger partial charge is 0.492 e. The Labute approximate surface area is 188 Å². The number of imide groups is 1. The quantitative estimate of drug-likeness (QED) is 0.623. The van der Waals surface area contributed by atoms with E-state index >= 15 is 0 Å². The third-order valence-electron chi connectivity index (χ3n) is 5.88. The lowest BCUT2D eigenvalue weighted by Crippen LogP contribution is -2.42. The van der Waals surface area contributed by atoms with Gasteiger partial charge in [0.25, 0.3) is 11.8 Å². The SMILES string of the molecule is Cc1cc(C)cc(OCCN2C(=O)C(c3cccs3)=C(N3CC(C)CC(C)C3)C2=O)c1. The van der Waals surface area contributed by atoms with Gasteiger partial charge in [-0.05, 0) is 66.8 Å². The number of carbonyl (C=O) groups is 2. The maximum atomic E-state index is 13.4. The van der Waals surface area contributed by atoms with Crippen LogP contribution in [0.1, 0.15) is 36.3 Å². The van der Waals surface area contributed by atoms with Crippen molar-refractivity contribution >= 4 is 28.7 Å². The number of rotatable bonds is 6. The fourth-order valence-corrected chi connectivity index (χ4v) is 5.58. The third-order valence-corrected chi connectivity index (χ3v) is 6.76. The molecule has 1 fully saturated rings. The van der Waals surface area contributed by atoms with Crippen molar-refractivity contribution < 1.29 is 14.3 Å². The molecule has 164 valence electrons. The van der Waals surface area contributed by atoms with Gasteiger partial charge in [-0.15, -0.1) is 11.3 Å². The molecule has 0 spiro atoms. The fourth-order valence-electron chi connectivity index (χ4n) is 4.82. The lowest BCUT2D eigenvalue weighted by atomic mass is 9.91. The Kier molecular flexibility index (Phi) is 6.19. The molecule has 2 aromatic rings. The molecule has 3 heterocycles. The van der Waals surface area contributed by atoms with Crippen LogP contribution in [0.15, 0.2) is 41.4 Å². The lowest BCUT2D eigenvalue weighted by Gasteiger charge is -2.37. The summed E-state index contributed by atoms with van der Waals surface area (Å²) in [5.41, 5.74) is 3.37. The summed E-state index contributed by atoms with van der Waals surface area (Å²) in [6, 6.07) is 9.88. The molecule has 2 aliphatic rings. The summed E-state index contributed by atoms with van der Waals surface area (Å²) in [4.78, 5) is 31.1. The number of aryl methyl sites for hydroxylation is 2. The highest BCUT2D eigenvalue weighted by atomic mass is 32.1. The molecule has 2 aliphatic heterocycles. The van der Waals surface area contributed by atoms with Crippen LogP contribution in [0, 0.1) is 25.7 Å². The first-order valence-electron chi connectivity index (χ1n) is 10.9. The van der Waals surface area contributed by atoms with Crippen LogP contribution in [-0.2, 0) is 9.59 Å². The molecule has 0 saturated carbocycles. The second-order valence-electron chi connectivity index (χ2n) is 8.99. The van der Waals surface area contributed by atoms with Crippen molar-refractivity contribution in [2.45, 2.75) is 34.1 Å². The molecule has 5 nitrogen and oxygen atoms in total. The van der Waals surface area contributed by atoms with Crippen molar-refractivity contribution in [3.63, 3.8) is 0 Å². The zero-order valence-corrected chi connectivity index (χ0v) is 19.5. The monoisotopic (exact) mass is 438 g/mol. The van der Waals surface area contributed by atoms with Crippen molar-refractivity contribution in [2.24, 2.45) is 11.8 Å². The normalized spacial score (nSPS) is 21.9. The van der Waals surface area contributed by atoms with Gasteiger partial charge in [0.15, 0.2) is 0 Å². The van der Waals surface area contributed by atoms with Gasteiger partial charge in [-0.2, -0.15) is 0 Å². The number of likely N-dealkylation sites (tertiary alicyclic amines) is 1. The van der Waals surface area contributed by atoms with Gasteiger partial charge in [0, 0.05) is 18.0 Å². The fraction of sp³-hybridized carbons (Fsp3) is 0.440. The van der Waals surface area contributed by atoms with Crippen LogP contribution >= 0.6 is 11.3 Å². The molecule has 6 heteroatoms. The number of piperidine rings is 1. The minimum absolute atomic E-state index is 0.196. The predicted octanol–water partition coefficient (Wildman–Crippen LogP) is 4.50.